The molecular formula is C17H28BrNO. The Balaban J connectivity index is 2.43. The Kier molecular flexibility index (Phi) is 7.21. The molecule has 114 valence electrons. The summed E-state index contributed by atoms with van der Waals surface area (Å²) < 4.78 is 6.90. The third-order valence-corrected chi connectivity index (χ3v) is 3.82. The number of rotatable bonds is 7. The Morgan fingerprint density at radius 1 is 1.25 bits per heavy atom. The maximum atomic E-state index is 5.77. The Morgan fingerprint density at radius 3 is 2.50 bits per heavy atom. The molecule has 0 aromatic heterocycles. The zero-order chi connectivity index (χ0) is 15.2. The minimum absolute atomic E-state index is 0.337. The molecule has 3 heteroatoms. The van der Waals surface area contributed by atoms with Crippen LogP contribution < -0.4 is 5.32 Å². The number of hydrogen-bond acceptors (Lipinski definition) is 2. The molecule has 1 aromatic rings. The maximum Gasteiger partial charge on any atom is 0.0727 e. The van der Waals surface area contributed by atoms with Crippen molar-refractivity contribution in [2.24, 2.45) is 5.41 Å². The van der Waals surface area contributed by atoms with Crippen LogP contribution in [0.25, 0.3) is 0 Å². The van der Waals surface area contributed by atoms with Gasteiger partial charge in [0.15, 0.2) is 0 Å². The summed E-state index contributed by atoms with van der Waals surface area (Å²) in [6, 6.07) is 7.01. The molecule has 0 aliphatic heterocycles. The first-order valence-corrected chi connectivity index (χ1v) is 8.15. The van der Waals surface area contributed by atoms with Gasteiger partial charge in [-0.05, 0) is 29.0 Å². The van der Waals surface area contributed by atoms with Gasteiger partial charge < -0.3 is 10.1 Å². The smallest absolute Gasteiger partial charge is 0.0727 e. The molecule has 1 N–H and O–H groups in total. The summed E-state index contributed by atoms with van der Waals surface area (Å²) in [5.41, 5.74) is 2.85. The average molecular weight is 342 g/mol. The molecule has 0 saturated carbocycles. The summed E-state index contributed by atoms with van der Waals surface area (Å²) in [6.07, 6.45) is 1.08. The zero-order valence-corrected chi connectivity index (χ0v) is 15.0. The summed E-state index contributed by atoms with van der Waals surface area (Å²) in [5.74, 6) is 0. The van der Waals surface area contributed by atoms with Gasteiger partial charge in [-0.25, -0.2) is 0 Å². The van der Waals surface area contributed by atoms with Crippen LogP contribution >= 0.6 is 15.9 Å². The molecule has 1 aromatic carbocycles. The van der Waals surface area contributed by atoms with Crippen molar-refractivity contribution in [3.63, 3.8) is 0 Å². The highest BCUT2D eigenvalue weighted by atomic mass is 79.9. The first-order chi connectivity index (χ1) is 9.28. The van der Waals surface area contributed by atoms with E-state index in [1.54, 1.807) is 0 Å². The molecule has 0 amide bonds. The third kappa shape index (κ3) is 7.41. The van der Waals surface area contributed by atoms with Crippen LogP contribution in [0.3, 0.4) is 0 Å². The monoisotopic (exact) mass is 341 g/mol. The van der Waals surface area contributed by atoms with Crippen LogP contribution in [-0.4, -0.2) is 12.6 Å². The molecule has 0 spiro atoms. The lowest BCUT2D eigenvalue weighted by atomic mass is 9.93. The van der Waals surface area contributed by atoms with Crippen molar-refractivity contribution in [1.29, 1.82) is 0 Å². The Bertz CT molecular complexity index is 410. The highest BCUT2D eigenvalue weighted by Gasteiger charge is 2.10. The average Bonchev–Trinajstić information content (AvgIpc) is 2.32. The quantitative estimate of drug-likeness (QED) is 0.712. The van der Waals surface area contributed by atoms with Crippen molar-refractivity contribution < 1.29 is 4.74 Å². The fourth-order valence-electron chi connectivity index (χ4n) is 1.70. The lowest BCUT2D eigenvalue weighted by Gasteiger charge is -2.18. The number of benzene rings is 1. The minimum Gasteiger partial charge on any atom is -0.377 e. The van der Waals surface area contributed by atoms with Crippen molar-refractivity contribution in [3.8, 4) is 0 Å². The van der Waals surface area contributed by atoms with E-state index in [1.165, 1.54) is 11.1 Å². The summed E-state index contributed by atoms with van der Waals surface area (Å²) in [6.45, 7) is 13.4. The van der Waals surface area contributed by atoms with Crippen LogP contribution in [0.2, 0.25) is 0 Å². The number of hydrogen-bond donors (Lipinski definition) is 1. The topological polar surface area (TPSA) is 21.3 Å². The molecule has 2 nitrogen and oxygen atoms in total. The molecule has 0 aliphatic rings. The summed E-state index contributed by atoms with van der Waals surface area (Å²) in [7, 11) is 0. The van der Waals surface area contributed by atoms with E-state index in [0.717, 1.165) is 24.0 Å². The molecule has 1 rings (SSSR count). The molecule has 0 saturated heterocycles. The van der Waals surface area contributed by atoms with Crippen molar-refractivity contribution >= 4 is 15.9 Å². The van der Waals surface area contributed by atoms with Crippen LogP contribution in [0.4, 0.5) is 0 Å². The van der Waals surface area contributed by atoms with E-state index in [-0.39, 0.29) is 0 Å². The van der Waals surface area contributed by atoms with E-state index >= 15 is 0 Å². The van der Waals surface area contributed by atoms with Gasteiger partial charge in [0.05, 0.1) is 6.61 Å². The van der Waals surface area contributed by atoms with Gasteiger partial charge in [-0.3, -0.25) is 0 Å². The van der Waals surface area contributed by atoms with Crippen LogP contribution in [0, 0.1) is 5.41 Å². The van der Waals surface area contributed by atoms with E-state index in [9.17, 15) is 0 Å². The minimum atomic E-state index is 0.337. The Morgan fingerprint density at radius 2 is 1.95 bits per heavy atom. The molecule has 0 fully saturated rings. The first kappa shape index (κ1) is 17.7. The van der Waals surface area contributed by atoms with E-state index in [1.807, 2.05) is 0 Å². The van der Waals surface area contributed by atoms with E-state index in [0.29, 0.717) is 18.1 Å². The van der Waals surface area contributed by atoms with Gasteiger partial charge >= 0.3 is 0 Å². The van der Waals surface area contributed by atoms with Crippen LogP contribution in [0.15, 0.2) is 22.7 Å². The number of nitrogens with one attached hydrogen (secondary N) is 1. The number of ether oxygens (including phenoxy) is 1. The first-order valence-electron chi connectivity index (χ1n) is 7.36. The molecule has 0 aliphatic carbocycles. The Labute approximate surface area is 132 Å². The molecule has 0 radical (unpaired) electrons. The number of halogens is 1. The van der Waals surface area contributed by atoms with Crippen molar-refractivity contribution in [3.05, 3.63) is 33.8 Å². The molecular weight excluding hydrogens is 314 g/mol. The summed E-state index contributed by atoms with van der Waals surface area (Å²) in [4.78, 5) is 0. The maximum absolute atomic E-state index is 5.77. The lowest BCUT2D eigenvalue weighted by Crippen LogP contribution is -2.21. The highest BCUT2D eigenvalue weighted by molar-refractivity contribution is 9.10. The predicted molar refractivity (Wildman–Crippen MR) is 89.8 cm³/mol. The van der Waals surface area contributed by atoms with Gasteiger partial charge in [0, 0.05) is 23.7 Å². The van der Waals surface area contributed by atoms with Crippen molar-refractivity contribution in [2.45, 2.75) is 60.2 Å². The van der Waals surface area contributed by atoms with Crippen molar-refractivity contribution in [1.82, 2.24) is 5.32 Å². The fraction of sp³-hybridized carbons (Fsp3) is 0.647. The van der Waals surface area contributed by atoms with Gasteiger partial charge in [0.25, 0.3) is 0 Å². The normalized spacial score (nSPS) is 12.2. The standard InChI is InChI=1S/C17H28BrNO/c1-13(2)19-11-14-6-7-15(16(18)10-14)12-20-9-8-17(3,4)5/h6-7,10,13,19H,8-9,11-12H2,1-5H3. The molecule has 0 unspecified atom stereocenters. The van der Waals surface area contributed by atoms with Gasteiger partial charge in [0.2, 0.25) is 0 Å². The van der Waals surface area contributed by atoms with Gasteiger partial charge in [0.1, 0.15) is 0 Å². The van der Waals surface area contributed by atoms with Crippen LogP contribution in [0.5, 0.6) is 0 Å². The second-order valence-corrected chi connectivity index (χ2v) is 7.68. The summed E-state index contributed by atoms with van der Waals surface area (Å²) in [5, 5.41) is 3.43. The summed E-state index contributed by atoms with van der Waals surface area (Å²) >= 11 is 3.64. The molecule has 20 heavy (non-hydrogen) atoms. The van der Waals surface area contributed by atoms with Crippen LogP contribution in [-0.2, 0) is 17.9 Å². The second kappa shape index (κ2) is 8.16. The van der Waals surface area contributed by atoms with E-state index in [2.05, 4.69) is 74.1 Å². The molecule has 0 atom stereocenters. The predicted octanol–water partition coefficient (Wildman–Crippen LogP) is 4.90. The fourth-order valence-corrected chi connectivity index (χ4v) is 2.24. The highest BCUT2D eigenvalue weighted by Crippen LogP contribution is 2.21. The zero-order valence-electron chi connectivity index (χ0n) is 13.4. The second-order valence-electron chi connectivity index (χ2n) is 6.82. The molecule has 0 bridgehead atoms. The van der Waals surface area contributed by atoms with E-state index in [4.69, 9.17) is 4.74 Å². The Hall–Kier alpha value is -0.380. The van der Waals surface area contributed by atoms with E-state index < -0.39 is 0 Å². The van der Waals surface area contributed by atoms with Crippen LogP contribution in [0.1, 0.15) is 52.2 Å². The van der Waals surface area contributed by atoms with Gasteiger partial charge in [-0.15, -0.1) is 0 Å². The lowest BCUT2D eigenvalue weighted by molar-refractivity contribution is 0.0959. The van der Waals surface area contributed by atoms with Gasteiger partial charge in [-0.2, -0.15) is 0 Å². The SMILES string of the molecule is CC(C)NCc1ccc(COCCC(C)(C)C)c(Br)c1. The van der Waals surface area contributed by atoms with Crippen molar-refractivity contribution in [2.75, 3.05) is 6.61 Å². The largest absolute Gasteiger partial charge is 0.377 e. The van der Waals surface area contributed by atoms with Gasteiger partial charge in [-0.1, -0.05) is 62.7 Å². The molecule has 0 heterocycles. The third-order valence-electron chi connectivity index (χ3n) is 3.09.